The summed E-state index contributed by atoms with van der Waals surface area (Å²) in [7, 11) is 0. The average Bonchev–Trinajstić information content (AvgIpc) is 2.48. The van der Waals surface area contributed by atoms with Gasteiger partial charge in [0.05, 0.1) is 0 Å². The van der Waals surface area contributed by atoms with Gasteiger partial charge in [-0.25, -0.2) is 0 Å². The summed E-state index contributed by atoms with van der Waals surface area (Å²) in [5, 5.41) is 6.22. The number of hydrogen-bond donors (Lipinski definition) is 2. The van der Waals surface area contributed by atoms with Crippen molar-refractivity contribution in [2.75, 3.05) is 10.6 Å². The minimum absolute atomic E-state index is 0.0330. The zero-order valence-corrected chi connectivity index (χ0v) is 11.9. The Morgan fingerprint density at radius 3 is 2.30 bits per heavy atom. The fourth-order valence-electron chi connectivity index (χ4n) is 1.93. The highest BCUT2D eigenvalue weighted by atomic mass is 16.1. The second-order valence-corrected chi connectivity index (χ2v) is 4.76. The highest BCUT2D eigenvalue weighted by molar-refractivity contribution is 5.90. The van der Waals surface area contributed by atoms with Crippen LogP contribution in [0, 0.1) is 6.92 Å². The van der Waals surface area contributed by atoms with Crippen LogP contribution in [0.4, 0.5) is 11.4 Å². The molecule has 0 heterocycles. The third kappa shape index (κ3) is 3.85. The van der Waals surface area contributed by atoms with Crippen molar-refractivity contribution in [2.45, 2.75) is 26.8 Å². The number of aryl methyl sites for hydroxylation is 1. The number of amides is 1. The zero-order chi connectivity index (χ0) is 14.4. The van der Waals surface area contributed by atoms with Crippen LogP contribution in [-0.2, 0) is 11.3 Å². The van der Waals surface area contributed by atoms with Crippen LogP contribution in [0.1, 0.15) is 24.5 Å². The van der Waals surface area contributed by atoms with Crippen molar-refractivity contribution in [3.05, 3.63) is 59.7 Å². The third-order valence-corrected chi connectivity index (χ3v) is 3.23. The van der Waals surface area contributed by atoms with Gasteiger partial charge < -0.3 is 10.6 Å². The van der Waals surface area contributed by atoms with E-state index in [-0.39, 0.29) is 5.91 Å². The Morgan fingerprint density at radius 1 is 1.00 bits per heavy atom. The summed E-state index contributed by atoms with van der Waals surface area (Å²) in [5.74, 6) is 0.0330. The van der Waals surface area contributed by atoms with Crippen LogP contribution in [0.15, 0.2) is 48.5 Å². The first-order valence-corrected chi connectivity index (χ1v) is 6.87. The second-order valence-electron chi connectivity index (χ2n) is 4.76. The van der Waals surface area contributed by atoms with Gasteiger partial charge in [0.2, 0.25) is 5.91 Å². The standard InChI is InChI=1S/C17H20N2O/c1-3-17(20)19-16-10-8-15(9-11-16)18-12-14-7-5-4-6-13(14)2/h4-11,18H,3,12H2,1-2H3,(H,19,20). The van der Waals surface area contributed by atoms with Crippen LogP contribution in [-0.4, -0.2) is 5.91 Å². The first-order valence-electron chi connectivity index (χ1n) is 6.87. The lowest BCUT2D eigenvalue weighted by atomic mass is 10.1. The maximum absolute atomic E-state index is 11.3. The number of nitrogens with one attached hydrogen (secondary N) is 2. The number of hydrogen-bond acceptors (Lipinski definition) is 2. The molecule has 1 amide bonds. The molecule has 0 spiro atoms. The molecule has 20 heavy (non-hydrogen) atoms. The SMILES string of the molecule is CCC(=O)Nc1ccc(NCc2ccccc2C)cc1. The number of carbonyl (C=O) groups excluding carboxylic acids is 1. The molecule has 2 aromatic carbocycles. The summed E-state index contributed by atoms with van der Waals surface area (Å²) in [5.41, 5.74) is 4.45. The summed E-state index contributed by atoms with van der Waals surface area (Å²) in [6.45, 7) is 4.75. The summed E-state index contributed by atoms with van der Waals surface area (Å²) in [6, 6.07) is 16.1. The van der Waals surface area contributed by atoms with E-state index >= 15 is 0 Å². The number of anilines is 2. The maximum atomic E-state index is 11.3. The molecule has 0 fully saturated rings. The van der Waals surface area contributed by atoms with Gasteiger partial charge in [0.25, 0.3) is 0 Å². The van der Waals surface area contributed by atoms with Gasteiger partial charge >= 0.3 is 0 Å². The highest BCUT2D eigenvalue weighted by Gasteiger charge is 2.00. The van der Waals surface area contributed by atoms with Crippen LogP contribution in [0.25, 0.3) is 0 Å². The Labute approximate surface area is 120 Å². The summed E-state index contributed by atoms with van der Waals surface area (Å²) >= 11 is 0. The second kappa shape index (κ2) is 6.75. The molecule has 0 radical (unpaired) electrons. The molecule has 0 aliphatic rings. The molecule has 3 heteroatoms. The molecule has 0 saturated carbocycles. The van der Waals surface area contributed by atoms with E-state index in [1.807, 2.05) is 43.3 Å². The third-order valence-electron chi connectivity index (χ3n) is 3.23. The highest BCUT2D eigenvalue weighted by Crippen LogP contribution is 2.15. The maximum Gasteiger partial charge on any atom is 0.224 e. The molecule has 0 aromatic heterocycles. The minimum Gasteiger partial charge on any atom is -0.381 e. The Kier molecular flexibility index (Phi) is 4.77. The fraction of sp³-hybridized carbons (Fsp3) is 0.235. The van der Waals surface area contributed by atoms with E-state index in [0.29, 0.717) is 6.42 Å². The summed E-state index contributed by atoms with van der Waals surface area (Å²) in [4.78, 5) is 11.3. The Balaban J connectivity index is 1.94. The van der Waals surface area contributed by atoms with Crippen molar-refractivity contribution in [2.24, 2.45) is 0 Å². The Hall–Kier alpha value is -2.29. The van der Waals surface area contributed by atoms with Gasteiger partial charge in [-0.05, 0) is 42.3 Å². The summed E-state index contributed by atoms with van der Waals surface area (Å²) in [6.07, 6.45) is 0.493. The van der Waals surface area contributed by atoms with Gasteiger partial charge in [-0.1, -0.05) is 31.2 Å². The molecule has 0 atom stereocenters. The Bertz CT molecular complexity index is 576. The van der Waals surface area contributed by atoms with Gasteiger partial charge in [-0.3, -0.25) is 4.79 Å². The van der Waals surface area contributed by atoms with Crippen molar-refractivity contribution in [3.8, 4) is 0 Å². The molecule has 3 nitrogen and oxygen atoms in total. The molecule has 0 aliphatic heterocycles. The monoisotopic (exact) mass is 268 g/mol. The predicted octanol–water partition coefficient (Wildman–Crippen LogP) is 3.96. The average molecular weight is 268 g/mol. The molecule has 2 aromatic rings. The minimum atomic E-state index is 0.0330. The number of benzene rings is 2. The molecule has 0 aliphatic carbocycles. The first kappa shape index (κ1) is 14.1. The lowest BCUT2D eigenvalue weighted by Crippen LogP contribution is -2.09. The van der Waals surface area contributed by atoms with E-state index in [1.165, 1.54) is 11.1 Å². The largest absolute Gasteiger partial charge is 0.381 e. The van der Waals surface area contributed by atoms with E-state index in [0.717, 1.165) is 17.9 Å². The van der Waals surface area contributed by atoms with Gasteiger partial charge in [-0.15, -0.1) is 0 Å². The molecule has 2 N–H and O–H groups in total. The normalized spacial score (nSPS) is 10.1. The smallest absolute Gasteiger partial charge is 0.224 e. The topological polar surface area (TPSA) is 41.1 Å². The van der Waals surface area contributed by atoms with Gasteiger partial charge in [-0.2, -0.15) is 0 Å². The van der Waals surface area contributed by atoms with Gasteiger partial charge in [0, 0.05) is 24.3 Å². The van der Waals surface area contributed by atoms with E-state index in [2.05, 4.69) is 29.7 Å². The van der Waals surface area contributed by atoms with E-state index in [1.54, 1.807) is 0 Å². The molecule has 0 saturated heterocycles. The van der Waals surface area contributed by atoms with Crippen LogP contribution in [0.3, 0.4) is 0 Å². The lowest BCUT2D eigenvalue weighted by Gasteiger charge is -2.10. The van der Waals surface area contributed by atoms with Crippen LogP contribution in [0.5, 0.6) is 0 Å². The van der Waals surface area contributed by atoms with Crippen LogP contribution in [0.2, 0.25) is 0 Å². The van der Waals surface area contributed by atoms with Crippen LogP contribution < -0.4 is 10.6 Å². The zero-order valence-electron chi connectivity index (χ0n) is 11.9. The van der Waals surface area contributed by atoms with Crippen molar-refractivity contribution < 1.29 is 4.79 Å². The molecule has 104 valence electrons. The van der Waals surface area contributed by atoms with E-state index in [9.17, 15) is 4.79 Å². The Morgan fingerprint density at radius 2 is 1.65 bits per heavy atom. The van der Waals surface area contributed by atoms with Gasteiger partial charge in [0.15, 0.2) is 0 Å². The fourth-order valence-corrected chi connectivity index (χ4v) is 1.93. The van der Waals surface area contributed by atoms with Crippen molar-refractivity contribution in [1.29, 1.82) is 0 Å². The predicted molar refractivity (Wildman–Crippen MR) is 83.9 cm³/mol. The van der Waals surface area contributed by atoms with E-state index < -0.39 is 0 Å². The first-order chi connectivity index (χ1) is 9.69. The quantitative estimate of drug-likeness (QED) is 0.862. The molecular formula is C17H20N2O. The van der Waals surface area contributed by atoms with Gasteiger partial charge in [0.1, 0.15) is 0 Å². The van der Waals surface area contributed by atoms with Crippen molar-refractivity contribution in [1.82, 2.24) is 0 Å². The van der Waals surface area contributed by atoms with Crippen molar-refractivity contribution >= 4 is 17.3 Å². The van der Waals surface area contributed by atoms with E-state index in [4.69, 9.17) is 0 Å². The number of carbonyl (C=O) groups is 1. The molecular weight excluding hydrogens is 248 g/mol. The molecule has 0 bridgehead atoms. The summed E-state index contributed by atoms with van der Waals surface area (Å²) < 4.78 is 0. The van der Waals surface area contributed by atoms with Crippen LogP contribution >= 0.6 is 0 Å². The molecule has 0 unspecified atom stereocenters. The number of rotatable bonds is 5. The lowest BCUT2D eigenvalue weighted by molar-refractivity contribution is -0.115. The molecule has 2 rings (SSSR count). The van der Waals surface area contributed by atoms with Crippen molar-refractivity contribution in [3.63, 3.8) is 0 Å².